The summed E-state index contributed by atoms with van der Waals surface area (Å²) in [6.45, 7) is 2.94. The van der Waals surface area contributed by atoms with Crippen molar-refractivity contribution in [3.8, 4) is 5.75 Å². The van der Waals surface area contributed by atoms with Crippen LogP contribution in [0.15, 0.2) is 42.5 Å². The zero-order valence-corrected chi connectivity index (χ0v) is 14.6. The molecular weight excluding hydrogens is 319 g/mol. The van der Waals surface area contributed by atoms with E-state index in [-0.39, 0.29) is 11.6 Å². The van der Waals surface area contributed by atoms with Crippen LogP contribution in [0, 0.1) is 12.7 Å². The van der Waals surface area contributed by atoms with Crippen LogP contribution in [-0.4, -0.2) is 25.6 Å². The molecule has 2 aromatic rings. The number of carbonyl (C=O) groups excluding carboxylic acids is 1. The fourth-order valence-corrected chi connectivity index (χ4v) is 2.97. The number of rotatable bonds is 7. The van der Waals surface area contributed by atoms with E-state index in [2.05, 4.69) is 5.32 Å². The third kappa shape index (κ3) is 4.79. The van der Waals surface area contributed by atoms with Gasteiger partial charge in [-0.05, 0) is 48.9 Å². The molecule has 0 radical (unpaired) electrons. The fourth-order valence-electron chi connectivity index (χ4n) is 2.97. The van der Waals surface area contributed by atoms with E-state index in [1.807, 2.05) is 31.2 Å². The Hall–Kier alpha value is -2.40. The summed E-state index contributed by atoms with van der Waals surface area (Å²) in [5.41, 5.74) is 2.24. The van der Waals surface area contributed by atoms with Gasteiger partial charge in [-0.15, -0.1) is 0 Å². The van der Waals surface area contributed by atoms with Crippen LogP contribution in [0.25, 0.3) is 0 Å². The summed E-state index contributed by atoms with van der Waals surface area (Å²) in [5.74, 6) is 0.277. The second kappa shape index (κ2) is 7.66. The molecule has 0 spiro atoms. The van der Waals surface area contributed by atoms with Gasteiger partial charge in [0.1, 0.15) is 18.1 Å². The molecule has 132 valence electrons. The second-order valence-corrected chi connectivity index (χ2v) is 6.67. The molecule has 0 heterocycles. The molecule has 2 N–H and O–H groups in total. The Balaban J connectivity index is 1.62. The fraction of sp³-hybridized carbons (Fsp3) is 0.350. The molecule has 0 saturated heterocycles. The summed E-state index contributed by atoms with van der Waals surface area (Å²) in [5, 5.41) is 2.70. The Morgan fingerprint density at radius 3 is 2.56 bits per heavy atom. The van der Waals surface area contributed by atoms with Crippen LogP contribution < -0.4 is 15.0 Å². The van der Waals surface area contributed by atoms with Crippen LogP contribution in [-0.2, 0) is 11.3 Å². The van der Waals surface area contributed by atoms with Crippen molar-refractivity contribution in [2.24, 2.45) is 0 Å². The highest BCUT2D eigenvalue weighted by Crippen LogP contribution is 2.17. The molecule has 0 aromatic heterocycles. The monoisotopic (exact) mass is 343 g/mol. The van der Waals surface area contributed by atoms with Crippen LogP contribution >= 0.6 is 0 Å². The van der Waals surface area contributed by atoms with Crippen LogP contribution in [0.2, 0.25) is 0 Å². The molecule has 1 aliphatic rings. The highest BCUT2D eigenvalue weighted by atomic mass is 19.1. The van der Waals surface area contributed by atoms with Crippen molar-refractivity contribution in [3.63, 3.8) is 0 Å². The quantitative estimate of drug-likeness (QED) is 0.810. The number of hydrogen-bond donors (Lipinski definition) is 2. The minimum atomic E-state index is -0.392. The molecule has 1 saturated carbocycles. The smallest absolute Gasteiger partial charge is 0.279 e. The van der Waals surface area contributed by atoms with Gasteiger partial charge in [-0.3, -0.25) is 4.79 Å². The summed E-state index contributed by atoms with van der Waals surface area (Å²) < 4.78 is 19.1. The Morgan fingerprint density at radius 1 is 1.24 bits per heavy atom. The number of carbonyl (C=O) groups is 1. The highest BCUT2D eigenvalue weighted by Gasteiger charge is 2.34. The molecule has 4 nitrogen and oxygen atoms in total. The first-order chi connectivity index (χ1) is 12.0. The van der Waals surface area contributed by atoms with Crippen molar-refractivity contribution < 1.29 is 18.8 Å². The molecule has 1 aliphatic carbocycles. The van der Waals surface area contributed by atoms with Gasteiger partial charge in [0.2, 0.25) is 0 Å². The second-order valence-electron chi connectivity index (χ2n) is 6.67. The van der Waals surface area contributed by atoms with Crippen molar-refractivity contribution in [1.29, 1.82) is 0 Å². The molecule has 1 unspecified atom stereocenters. The summed E-state index contributed by atoms with van der Waals surface area (Å²) in [4.78, 5) is 13.6. The Morgan fingerprint density at radius 2 is 1.96 bits per heavy atom. The minimum absolute atomic E-state index is 0.154. The average Bonchev–Trinajstić information content (AvgIpc) is 3.42. The van der Waals surface area contributed by atoms with Crippen LogP contribution in [0.3, 0.4) is 0 Å². The van der Waals surface area contributed by atoms with E-state index in [4.69, 9.17) is 4.74 Å². The maximum atomic E-state index is 13.9. The molecular formula is C20H24FN2O2+. The van der Waals surface area contributed by atoms with Gasteiger partial charge < -0.3 is 15.0 Å². The first kappa shape index (κ1) is 17.4. The SMILES string of the molecule is COc1ccc(C[NH+](CC(=O)Nc2ccc(C)cc2F)C2CC2)cc1. The highest BCUT2D eigenvalue weighted by molar-refractivity contribution is 5.91. The minimum Gasteiger partial charge on any atom is -0.497 e. The van der Waals surface area contributed by atoms with E-state index in [0.717, 1.165) is 36.3 Å². The lowest BCUT2D eigenvalue weighted by Crippen LogP contribution is -3.13. The summed E-state index contributed by atoms with van der Waals surface area (Å²) >= 11 is 0. The number of nitrogens with one attached hydrogen (secondary N) is 2. The predicted molar refractivity (Wildman–Crippen MR) is 95.3 cm³/mol. The molecule has 1 fully saturated rings. The number of benzene rings is 2. The normalized spacial score (nSPS) is 14.8. The van der Waals surface area contributed by atoms with Crippen LogP contribution in [0.5, 0.6) is 5.75 Å². The number of hydrogen-bond acceptors (Lipinski definition) is 2. The van der Waals surface area contributed by atoms with Crippen molar-refractivity contribution in [3.05, 3.63) is 59.4 Å². The van der Waals surface area contributed by atoms with Gasteiger partial charge in [0, 0.05) is 18.4 Å². The Kier molecular flexibility index (Phi) is 5.34. The van der Waals surface area contributed by atoms with Gasteiger partial charge in [-0.1, -0.05) is 6.07 Å². The van der Waals surface area contributed by atoms with Gasteiger partial charge in [-0.25, -0.2) is 4.39 Å². The maximum Gasteiger partial charge on any atom is 0.279 e. The lowest BCUT2D eigenvalue weighted by Gasteiger charge is -2.19. The van der Waals surface area contributed by atoms with Gasteiger partial charge in [-0.2, -0.15) is 0 Å². The predicted octanol–water partition coefficient (Wildman–Crippen LogP) is 2.33. The number of amides is 1. The molecule has 1 amide bonds. The van der Waals surface area contributed by atoms with E-state index in [9.17, 15) is 9.18 Å². The van der Waals surface area contributed by atoms with E-state index in [1.165, 1.54) is 11.0 Å². The van der Waals surface area contributed by atoms with Gasteiger partial charge in [0.05, 0.1) is 18.8 Å². The van der Waals surface area contributed by atoms with Crippen LogP contribution in [0.1, 0.15) is 24.0 Å². The largest absolute Gasteiger partial charge is 0.497 e. The van der Waals surface area contributed by atoms with Crippen molar-refractivity contribution in [1.82, 2.24) is 0 Å². The number of anilines is 1. The van der Waals surface area contributed by atoms with Crippen LogP contribution in [0.4, 0.5) is 10.1 Å². The number of ether oxygens (including phenoxy) is 1. The summed E-state index contributed by atoms with van der Waals surface area (Å²) in [7, 11) is 1.64. The molecule has 2 aromatic carbocycles. The molecule has 3 rings (SSSR count). The van der Waals surface area contributed by atoms with E-state index in [0.29, 0.717) is 12.6 Å². The van der Waals surface area contributed by atoms with Gasteiger partial charge in [0.25, 0.3) is 5.91 Å². The summed E-state index contributed by atoms with van der Waals surface area (Å²) in [6, 6.07) is 13.3. The topological polar surface area (TPSA) is 42.8 Å². The number of halogens is 1. The molecule has 0 aliphatic heterocycles. The zero-order valence-electron chi connectivity index (χ0n) is 14.6. The van der Waals surface area contributed by atoms with Crippen molar-refractivity contribution in [2.75, 3.05) is 19.0 Å². The lowest BCUT2D eigenvalue weighted by atomic mass is 10.2. The zero-order chi connectivity index (χ0) is 17.8. The first-order valence-electron chi connectivity index (χ1n) is 8.58. The van der Waals surface area contributed by atoms with Crippen molar-refractivity contribution in [2.45, 2.75) is 32.4 Å². The lowest BCUT2D eigenvalue weighted by molar-refractivity contribution is -0.916. The third-order valence-corrected chi connectivity index (χ3v) is 4.53. The average molecular weight is 343 g/mol. The van der Waals surface area contributed by atoms with Gasteiger partial charge in [0.15, 0.2) is 6.54 Å². The van der Waals surface area contributed by atoms with E-state index in [1.54, 1.807) is 19.2 Å². The molecule has 5 heteroatoms. The van der Waals surface area contributed by atoms with E-state index < -0.39 is 5.82 Å². The number of aryl methyl sites for hydroxylation is 1. The van der Waals surface area contributed by atoms with Gasteiger partial charge >= 0.3 is 0 Å². The molecule has 0 bridgehead atoms. The standard InChI is InChI=1S/C20H23FN2O2/c1-14-3-10-19(18(21)11-14)22-20(24)13-23(16-6-7-16)12-15-4-8-17(25-2)9-5-15/h3-5,8-11,16H,6-7,12-13H2,1-2H3,(H,22,24)/p+1. The first-order valence-corrected chi connectivity index (χ1v) is 8.58. The maximum absolute atomic E-state index is 13.9. The Labute approximate surface area is 147 Å². The summed E-state index contributed by atoms with van der Waals surface area (Å²) in [6.07, 6.45) is 2.27. The third-order valence-electron chi connectivity index (χ3n) is 4.53. The van der Waals surface area contributed by atoms with Crippen molar-refractivity contribution >= 4 is 11.6 Å². The molecule has 25 heavy (non-hydrogen) atoms. The molecule has 1 atom stereocenters. The number of methoxy groups -OCH3 is 1. The Bertz CT molecular complexity index is 742. The van der Waals surface area contributed by atoms with E-state index >= 15 is 0 Å². The number of quaternary nitrogens is 1.